The summed E-state index contributed by atoms with van der Waals surface area (Å²) >= 11 is 0. The lowest BCUT2D eigenvalue weighted by molar-refractivity contribution is -0.384. The van der Waals surface area contributed by atoms with Gasteiger partial charge in [0.05, 0.1) is 4.92 Å². The fraction of sp³-hybridized carbons (Fsp3) is 0.400. The summed E-state index contributed by atoms with van der Waals surface area (Å²) in [6.07, 6.45) is 0.650. The Hall–Kier alpha value is -1.46. The van der Waals surface area contributed by atoms with Crippen molar-refractivity contribution in [3.05, 3.63) is 39.9 Å². The largest absolute Gasteiger partial charge is 0.385 e. The summed E-state index contributed by atoms with van der Waals surface area (Å²) in [6, 6.07) is 6.16. The van der Waals surface area contributed by atoms with E-state index >= 15 is 0 Å². The topological polar surface area (TPSA) is 78.4 Å². The third-order valence-electron chi connectivity index (χ3n) is 2.14. The number of benzene rings is 1. The maximum absolute atomic E-state index is 10.5. The van der Waals surface area contributed by atoms with Gasteiger partial charge in [-0.2, -0.15) is 0 Å². The van der Waals surface area contributed by atoms with E-state index in [0.29, 0.717) is 13.0 Å². The molecule has 0 bridgehead atoms. The number of rotatable bonds is 5. The molecule has 0 saturated heterocycles. The Morgan fingerprint density at radius 2 is 2.33 bits per heavy atom. The van der Waals surface area contributed by atoms with E-state index in [1.807, 2.05) is 0 Å². The van der Waals surface area contributed by atoms with Gasteiger partial charge in [0.15, 0.2) is 0 Å². The highest BCUT2D eigenvalue weighted by Gasteiger charge is 2.10. The molecule has 0 heterocycles. The van der Waals surface area contributed by atoms with Gasteiger partial charge < -0.3 is 10.5 Å². The highest BCUT2D eigenvalue weighted by molar-refractivity contribution is 5.35. The van der Waals surface area contributed by atoms with Crippen molar-refractivity contribution < 1.29 is 9.66 Å². The third kappa shape index (κ3) is 3.30. The molecule has 1 atom stereocenters. The number of nitrogens with zero attached hydrogens (tertiary/aromatic N) is 1. The van der Waals surface area contributed by atoms with Gasteiger partial charge in [0, 0.05) is 31.9 Å². The monoisotopic (exact) mass is 210 g/mol. The van der Waals surface area contributed by atoms with Crippen molar-refractivity contribution in [2.45, 2.75) is 12.5 Å². The molecule has 5 nitrogen and oxygen atoms in total. The summed E-state index contributed by atoms with van der Waals surface area (Å²) in [4.78, 5) is 10.1. The predicted molar refractivity (Wildman–Crippen MR) is 56.5 cm³/mol. The Morgan fingerprint density at radius 3 is 2.93 bits per heavy atom. The highest BCUT2D eigenvalue weighted by atomic mass is 16.6. The number of nitrogens with two attached hydrogens (primary N) is 1. The van der Waals surface area contributed by atoms with Crippen LogP contribution in [0, 0.1) is 10.1 Å². The average Bonchev–Trinajstić information content (AvgIpc) is 2.26. The molecule has 1 aromatic carbocycles. The molecular formula is C10H14N2O3. The van der Waals surface area contributed by atoms with Crippen LogP contribution >= 0.6 is 0 Å². The maximum Gasteiger partial charge on any atom is 0.269 e. The van der Waals surface area contributed by atoms with Crippen molar-refractivity contribution >= 4 is 5.69 Å². The quantitative estimate of drug-likeness (QED) is 0.591. The smallest absolute Gasteiger partial charge is 0.269 e. The summed E-state index contributed by atoms with van der Waals surface area (Å²) in [5, 5.41) is 10.5. The van der Waals surface area contributed by atoms with E-state index in [1.165, 1.54) is 12.1 Å². The second-order valence-corrected chi connectivity index (χ2v) is 3.24. The Labute approximate surface area is 88.0 Å². The first-order chi connectivity index (χ1) is 7.15. The van der Waals surface area contributed by atoms with Gasteiger partial charge in [-0.3, -0.25) is 10.1 Å². The molecular weight excluding hydrogens is 196 g/mol. The van der Waals surface area contributed by atoms with Gasteiger partial charge in [-0.15, -0.1) is 0 Å². The molecule has 0 aliphatic rings. The van der Waals surface area contributed by atoms with Gasteiger partial charge in [-0.25, -0.2) is 0 Å². The van der Waals surface area contributed by atoms with Gasteiger partial charge >= 0.3 is 0 Å². The van der Waals surface area contributed by atoms with Crippen molar-refractivity contribution in [2.24, 2.45) is 5.73 Å². The Bertz CT molecular complexity index is 341. The fourth-order valence-electron chi connectivity index (χ4n) is 1.28. The molecule has 0 saturated carbocycles. The van der Waals surface area contributed by atoms with Crippen LogP contribution in [0.3, 0.4) is 0 Å². The fourth-order valence-corrected chi connectivity index (χ4v) is 1.28. The van der Waals surface area contributed by atoms with Crippen LogP contribution in [0.4, 0.5) is 5.69 Å². The van der Waals surface area contributed by atoms with E-state index in [4.69, 9.17) is 10.5 Å². The first-order valence-corrected chi connectivity index (χ1v) is 4.64. The summed E-state index contributed by atoms with van der Waals surface area (Å²) in [7, 11) is 1.60. The lowest BCUT2D eigenvalue weighted by Crippen LogP contribution is -2.12. The number of methoxy groups -OCH3 is 1. The summed E-state index contributed by atoms with van der Waals surface area (Å²) in [6.45, 7) is 0.545. The maximum atomic E-state index is 10.5. The van der Waals surface area contributed by atoms with E-state index in [2.05, 4.69) is 0 Å². The zero-order chi connectivity index (χ0) is 11.3. The minimum absolute atomic E-state index is 0.0698. The number of non-ortho nitro benzene ring substituents is 1. The number of hydrogen-bond acceptors (Lipinski definition) is 4. The standard InChI is InChI=1S/C10H14N2O3/c1-15-6-5-10(11)8-3-2-4-9(7-8)12(13)14/h2-4,7,10H,5-6,11H2,1H3. The van der Waals surface area contributed by atoms with Crippen molar-refractivity contribution in [1.29, 1.82) is 0 Å². The third-order valence-corrected chi connectivity index (χ3v) is 2.14. The van der Waals surface area contributed by atoms with Crippen LogP contribution in [0.5, 0.6) is 0 Å². The lowest BCUT2D eigenvalue weighted by Gasteiger charge is -2.10. The van der Waals surface area contributed by atoms with E-state index in [1.54, 1.807) is 19.2 Å². The van der Waals surface area contributed by atoms with Gasteiger partial charge in [-0.1, -0.05) is 12.1 Å². The van der Waals surface area contributed by atoms with Crippen LogP contribution in [-0.4, -0.2) is 18.6 Å². The van der Waals surface area contributed by atoms with Crippen LogP contribution in [0.15, 0.2) is 24.3 Å². The van der Waals surface area contributed by atoms with E-state index in [9.17, 15) is 10.1 Å². The van der Waals surface area contributed by atoms with Crippen molar-refractivity contribution in [2.75, 3.05) is 13.7 Å². The zero-order valence-electron chi connectivity index (χ0n) is 8.55. The molecule has 15 heavy (non-hydrogen) atoms. The van der Waals surface area contributed by atoms with E-state index in [-0.39, 0.29) is 11.7 Å². The summed E-state index contributed by atoms with van der Waals surface area (Å²) in [5.41, 5.74) is 6.68. The van der Waals surface area contributed by atoms with Crippen molar-refractivity contribution in [3.63, 3.8) is 0 Å². The van der Waals surface area contributed by atoms with Crippen LogP contribution in [0.1, 0.15) is 18.0 Å². The molecule has 0 aliphatic carbocycles. The Kier molecular flexibility index (Phi) is 4.20. The van der Waals surface area contributed by atoms with Gasteiger partial charge in [-0.05, 0) is 12.0 Å². The normalized spacial score (nSPS) is 12.4. The molecule has 1 unspecified atom stereocenters. The van der Waals surface area contributed by atoms with Crippen LogP contribution in [-0.2, 0) is 4.74 Å². The molecule has 82 valence electrons. The van der Waals surface area contributed by atoms with Crippen molar-refractivity contribution in [3.8, 4) is 0 Å². The number of ether oxygens (including phenoxy) is 1. The zero-order valence-corrected chi connectivity index (χ0v) is 8.55. The molecule has 0 aromatic heterocycles. The minimum atomic E-state index is -0.424. The highest BCUT2D eigenvalue weighted by Crippen LogP contribution is 2.19. The Morgan fingerprint density at radius 1 is 1.60 bits per heavy atom. The molecule has 2 N–H and O–H groups in total. The lowest BCUT2D eigenvalue weighted by atomic mass is 10.0. The number of hydrogen-bond donors (Lipinski definition) is 1. The molecule has 0 radical (unpaired) electrons. The van der Waals surface area contributed by atoms with Crippen LogP contribution in [0.25, 0.3) is 0 Å². The first kappa shape index (κ1) is 11.6. The molecule has 0 fully saturated rings. The van der Waals surface area contributed by atoms with Crippen LogP contribution in [0.2, 0.25) is 0 Å². The summed E-state index contributed by atoms with van der Waals surface area (Å²) in [5.74, 6) is 0. The van der Waals surface area contributed by atoms with Gasteiger partial charge in [0.1, 0.15) is 0 Å². The first-order valence-electron chi connectivity index (χ1n) is 4.64. The van der Waals surface area contributed by atoms with E-state index < -0.39 is 4.92 Å². The molecule has 1 aromatic rings. The van der Waals surface area contributed by atoms with Gasteiger partial charge in [0.2, 0.25) is 0 Å². The minimum Gasteiger partial charge on any atom is -0.385 e. The second kappa shape index (κ2) is 5.43. The Balaban J connectivity index is 2.76. The SMILES string of the molecule is COCCC(N)c1cccc([N+](=O)[O-])c1. The molecule has 1 rings (SSSR count). The number of nitro groups is 1. The van der Waals surface area contributed by atoms with E-state index in [0.717, 1.165) is 5.56 Å². The second-order valence-electron chi connectivity index (χ2n) is 3.24. The molecule has 0 amide bonds. The van der Waals surface area contributed by atoms with Gasteiger partial charge in [0.25, 0.3) is 5.69 Å². The molecule has 0 spiro atoms. The number of nitro benzene ring substituents is 1. The average molecular weight is 210 g/mol. The predicted octanol–water partition coefficient (Wildman–Crippen LogP) is 1.63. The van der Waals surface area contributed by atoms with Crippen molar-refractivity contribution in [1.82, 2.24) is 0 Å². The molecule has 5 heteroatoms. The molecule has 0 aliphatic heterocycles. The summed E-state index contributed by atoms with van der Waals surface area (Å²) < 4.78 is 4.90. The van der Waals surface area contributed by atoms with Crippen LogP contribution < -0.4 is 5.73 Å².